The van der Waals surface area contributed by atoms with Gasteiger partial charge in [-0.05, 0) is 25.0 Å². The fourth-order valence-corrected chi connectivity index (χ4v) is 2.14. The van der Waals surface area contributed by atoms with Crippen molar-refractivity contribution >= 4 is 17.6 Å². The second kappa shape index (κ2) is 6.76. The Morgan fingerprint density at radius 3 is 2.90 bits per heavy atom. The van der Waals surface area contributed by atoms with Gasteiger partial charge in [-0.1, -0.05) is 35.6 Å². The summed E-state index contributed by atoms with van der Waals surface area (Å²) in [5, 5.41) is 9.79. The number of hydrogen-bond acceptors (Lipinski definition) is 3. The monoisotopic (exact) mass is 294 g/mol. The van der Waals surface area contributed by atoms with Crippen LogP contribution in [0.1, 0.15) is 24.8 Å². The molecule has 20 heavy (non-hydrogen) atoms. The third-order valence-corrected chi connectivity index (χ3v) is 3.37. The predicted octanol–water partition coefficient (Wildman–Crippen LogP) is 2.69. The molecule has 0 amide bonds. The summed E-state index contributed by atoms with van der Waals surface area (Å²) >= 11 is 5.97. The maximum absolute atomic E-state index is 11.3. The van der Waals surface area contributed by atoms with Gasteiger partial charge in [-0.2, -0.15) is 0 Å². The number of halogens is 1. The normalized spacial score (nSPS) is 21.9. The molecule has 0 aromatic heterocycles. The van der Waals surface area contributed by atoms with E-state index in [1.54, 1.807) is 12.1 Å². The molecular weight excluding hydrogens is 280 g/mol. The van der Waals surface area contributed by atoms with Gasteiger partial charge in [0.1, 0.15) is 6.61 Å². The Morgan fingerprint density at radius 2 is 2.25 bits per heavy atom. The number of hydrogen-bond donors (Lipinski definition) is 1. The van der Waals surface area contributed by atoms with E-state index >= 15 is 0 Å². The molecular formula is C15H15ClO4. The zero-order chi connectivity index (χ0) is 14.4. The Labute approximate surface area is 122 Å². The predicted molar refractivity (Wildman–Crippen MR) is 74.5 cm³/mol. The average molecular weight is 295 g/mol. The van der Waals surface area contributed by atoms with Gasteiger partial charge >= 0.3 is 5.97 Å². The first-order valence-electron chi connectivity index (χ1n) is 6.39. The lowest BCUT2D eigenvalue weighted by Crippen LogP contribution is -2.46. The van der Waals surface area contributed by atoms with E-state index in [2.05, 4.69) is 11.8 Å². The highest BCUT2D eigenvalue weighted by atomic mass is 35.5. The minimum atomic E-state index is -1.55. The van der Waals surface area contributed by atoms with Crippen molar-refractivity contribution in [2.75, 3.05) is 13.2 Å². The van der Waals surface area contributed by atoms with Crippen LogP contribution < -0.4 is 0 Å². The van der Waals surface area contributed by atoms with Crippen LogP contribution in [0.2, 0.25) is 5.02 Å². The second-order valence-electron chi connectivity index (χ2n) is 4.43. The summed E-state index contributed by atoms with van der Waals surface area (Å²) < 4.78 is 10.6. The SMILES string of the molecule is O=C(O)C1(OCC#Cc2ccccc2Cl)CCCCO1. The summed E-state index contributed by atoms with van der Waals surface area (Å²) in [7, 11) is 0. The van der Waals surface area contributed by atoms with Gasteiger partial charge in [0.2, 0.25) is 0 Å². The smallest absolute Gasteiger partial charge is 0.364 e. The molecule has 106 valence electrons. The van der Waals surface area contributed by atoms with Crippen molar-refractivity contribution in [3.63, 3.8) is 0 Å². The number of benzene rings is 1. The summed E-state index contributed by atoms with van der Waals surface area (Å²) in [5.74, 6) is 2.97. The molecule has 0 spiro atoms. The molecule has 1 saturated heterocycles. The largest absolute Gasteiger partial charge is 0.477 e. The minimum Gasteiger partial charge on any atom is -0.477 e. The average Bonchev–Trinajstić information content (AvgIpc) is 2.46. The van der Waals surface area contributed by atoms with Gasteiger partial charge in [0.25, 0.3) is 5.79 Å². The zero-order valence-electron chi connectivity index (χ0n) is 10.9. The van der Waals surface area contributed by atoms with E-state index < -0.39 is 11.8 Å². The maximum Gasteiger partial charge on any atom is 0.364 e. The highest BCUT2D eigenvalue weighted by Gasteiger charge is 2.42. The van der Waals surface area contributed by atoms with Crippen LogP contribution in [-0.4, -0.2) is 30.1 Å². The summed E-state index contributed by atoms with van der Waals surface area (Å²) in [4.78, 5) is 11.3. The Balaban J connectivity index is 1.98. The fraction of sp³-hybridized carbons (Fsp3) is 0.400. The lowest BCUT2D eigenvalue weighted by atomic mass is 10.1. The first kappa shape index (κ1) is 14.9. The number of rotatable bonds is 3. The van der Waals surface area contributed by atoms with E-state index in [1.807, 2.05) is 12.1 Å². The maximum atomic E-state index is 11.3. The molecule has 0 aliphatic carbocycles. The molecule has 1 aliphatic rings. The van der Waals surface area contributed by atoms with Gasteiger partial charge in [0.05, 0.1) is 11.6 Å². The van der Waals surface area contributed by atoms with Crippen molar-refractivity contribution in [3.8, 4) is 11.8 Å². The standard InChI is InChI=1S/C15H15ClO4/c16-13-8-2-1-6-12(13)7-5-11-20-15(14(17)18)9-3-4-10-19-15/h1-2,6,8H,3-4,9-11H2,(H,17,18). The van der Waals surface area contributed by atoms with Gasteiger partial charge in [-0.15, -0.1) is 0 Å². The highest BCUT2D eigenvalue weighted by Crippen LogP contribution is 2.26. The quantitative estimate of drug-likeness (QED) is 0.871. The molecule has 0 saturated carbocycles. The Kier molecular flexibility index (Phi) is 5.02. The molecule has 1 atom stereocenters. The number of carboxylic acids is 1. The van der Waals surface area contributed by atoms with Crippen molar-refractivity contribution in [1.82, 2.24) is 0 Å². The molecule has 1 unspecified atom stereocenters. The van der Waals surface area contributed by atoms with Crippen molar-refractivity contribution in [1.29, 1.82) is 0 Å². The van der Waals surface area contributed by atoms with Crippen LogP contribution >= 0.6 is 11.6 Å². The fourth-order valence-electron chi connectivity index (χ4n) is 1.96. The lowest BCUT2D eigenvalue weighted by molar-refractivity contribution is -0.252. The van der Waals surface area contributed by atoms with Gasteiger partial charge in [0, 0.05) is 12.0 Å². The van der Waals surface area contributed by atoms with Gasteiger partial charge in [-0.25, -0.2) is 4.79 Å². The molecule has 0 radical (unpaired) electrons. The van der Waals surface area contributed by atoms with Crippen molar-refractivity contribution in [3.05, 3.63) is 34.9 Å². The number of ether oxygens (including phenoxy) is 2. The van der Waals surface area contributed by atoms with Crippen molar-refractivity contribution < 1.29 is 19.4 Å². The molecule has 0 bridgehead atoms. The van der Waals surface area contributed by atoms with Gasteiger partial charge < -0.3 is 14.6 Å². The Morgan fingerprint density at radius 1 is 1.45 bits per heavy atom. The second-order valence-corrected chi connectivity index (χ2v) is 4.84. The first-order valence-corrected chi connectivity index (χ1v) is 6.76. The lowest BCUT2D eigenvalue weighted by Gasteiger charge is -2.32. The van der Waals surface area contributed by atoms with Crippen LogP contribution in [0.15, 0.2) is 24.3 Å². The molecule has 1 aromatic rings. The van der Waals surface area contributed by atoms with E-state index in [0.29, 0.717) is 23.6 Å². The van der Waals surface area contributed by atoms with Crippen LogP contribution in [-0.2, 0) is 14.3 Å². The summed E-state index contributed by atoms with van der Waals surface area (Å²) in [5.41, 5.74) is 0.687. The summed E-state index contributed by atoms with van der Waals surface area (Å²) in [6, 6.07) is 7.19. The van der Waals surface area contributed by atoms with Crippen LogP contribution in [0.4, 0.5) is 0 Å². The molecule has 4 nitrogen and oxygen atoms in total. The van der Waals surface area contributed by atoms with Crippen LogP contribution in [0, 0.1) is 11.8 Å². The third kappa shape index (κ3) is 3.51. The van der Waals surface area contributed by atoms with Crippen LogP contribution in [0.5, 0.6) is 0 Å². The van der Waals surface area contributed by atoms with E-state index in [-0.39, 0.29) is 6.61 Å². The van der Waals surface area contributed by atoms with E-state index in [1.165, 1.54) is 0 Å². The van der Waals surface area contributed by atoms with E-state index in [9.17, 15) is 9.90 Å². The summed E-state index contributed by atoms with van der Waals surface area (Å²) in [6.07, 6.45) is 1.96. The third-order valence-electron chi connectivity index (χ3n) is 3.04. The minimum absolute atomic E-state index is 0.0163. The van der Waals surface area contributed by atoms with Gasteiger partial charge in [-0.3, -0.25) is 0 Å². The van der Waals surface area contributed by atoms with Crippen LogP contribution in [0.3, 0.4) is 0 Å². The number of carboxylic acid groups (broad SMARTS) is 1. The Bertz CT molecular complexity index is 538. The molecule has 5 heteroatoms. The Hall–Kier alpha value is -1.54. The van der Waals surface area contributed by atoms with Gasteiger partial charge in [0.15, 0.2) is 0 Å². The number of aliphatic carboxylic acids is 1. The number of carbonyl (C=O) groups is 1. The molecule has 1 aliphatic heterocycles. The van der Waals surface area contributed by atoms with Crippen molar-refractivity contribution in [2.24, 2.45) is 0 Å². The molecule has 1 N–H and O–H groups in total. The topological polar surface area (TPSA) is 55.8 Å². The molecule has 1 heterocycles. The van der Waals surface area contributed by atoms with E-state index in [4.69, 9.17) is 21.1 Å². The first-order chi connectivity index (χ1) is 9.64. The van der Waals surface area contributed by atoms with Crippen LogP contribution in [0.25, 0.3) is 0 Å². The summed E-state index contributed by atoms with van der Waals surface area (Å²) in [6.45, 7) is 0.377. The van der Waals surface area contributed by atoms with Crippen molar-refractivity contribution in [2.45, 2.75) is 25.0 Å². The molecule has 1 fully saturated rings. The highest BCUT2D eigenvalue weighted by molar-refractivity contribution is 6.31. The zero-order valence-corrected chi connectivity index (χ0v) is 11.7. The molecule has 1 aromatic carbocycles. The molecule has 2 rings (SSSR count). The van der Waals surface area contributed by atoms with E-state index in [0.717, 1.165) is 12.8 Å².